The largest absolute Gasteiger partial charge is 0.496 e. The molecule has 1 aliphatic rings. The lowest BCUT2D eigenvalue weighted by Gasteiger charge is -2.18. The van der Waals surface area contributed by atoms with Gasteiger partial charge >= 0.3 is 0 Å². The van der Waals surface area contributed by atoms with E-state index in [0.717, 1.165) is 36.3 Å². The van der Waals surface area contributed by atoms with E-state index in [9.17, 15) is 0 Å². The zero-order valence-electron chi connectivity index (χ0n) is 12.3. The van der Waals surface area contributed by atoms with E-state index in [1.54, 1.807) is 7.11 Å². The summed E-state index contributed by atoms with van der Waals surface area (Å²) < 4.78 is 11.3. The molecule has 2 atom stereocenters. The molecule has 3 rings (SSSR count). The number of para-hydroxylation sites is 2. The number of methoxy groups -OCH3 is 1. The van der Waals surface area contributed by atoms with Crippen LogP contribution in [0, 0.1) is 0 Å². The van der Waals surface area contributed by atoms with E-state index < -0.39 is 0 Å². The molecule has 0 fully saturated rings. The molecule has 2 aromatic carbocycles. The standard InChI is InChI=1S/C18H21NO2/c1-20-17-8-4-2-6-13(17)10-15(19)12-16-11-14-7-3-5-9-18(14)21-16/h2-9,15-16H,10-12,19H2,1H3. The van der Waals surface area contributed by atoms with Crippen LogP contribution in [0.3, 0.4) is 0 Å². The summed E-state index contributed by atoms with van der Waals surface area (Å²) in [7, 11) is 1.70. The topological polar surface area (TPSA) is 44.5 Å². The van der Waals surface area contributed by atoms with Crippen LogP contribution in [0.15, 0.2) is 48.5 Å². The lowest BCUT2D eigenvalue weighted by atomic mass is 9.98. The first-order valence-corrected chi connectivity index (χ1v) is 7.38. The quantitative estimate of drug-likeness (QED) is 0.917. The van der Waals surface area contributed by atoms with Crippen molar-refractivity contribution in [1.29, 1.82) is 0 Å². The second kappa shape index (κ2) is 6.19. The number of rotatable bonds is 5. The molecular formula is C18H21NO2. The van der Waals surface area contributed by atoms with E-state index in [2.05, 4.69) is 18.2 Å². The number of benzene rings is 2. The van der Waals surface area contributed by atoms with Gasteiger partial charge in [-0.25, -0.2) is 0 Å². The van der Waals surface area contributed by atoms with Crippen molar-refractivity contribution in [2.24, 2.45) is 5.73 Å². The smallest absolute Gasteiger partial charge is 0.123 e. The maximum absolute atomic E-state index is 6.31. The van der Waals surface area contributed by atoms with Crippen molar-refractivity contribution in [2.75, 3.05) is 7.11 Å². The predicted octanol–water partition coefficient (Wildman–Crippen LogP) is 2.96. The summed E-state index contributed by atoms with van der Waals surface area (Å²) in [6.45, 7) is 0. The van der Waals surface area contributed by atoms with E-state index in [1.165, 1.54) is 5.56 Å². The Labute approximate surface area is 125 Å². The molecule has 0 radical (unpaired) electrons. The van der Waals surface area contributed by atoms with Crippen LogP contribution in [-0.4, -0.2) is 19.3 Å². The molecule has 1 aliphatic heterocycles. The van der Waals surface area contributed by atoms with Gasteiger partial charge in [0, 0.05) is 18.9 Å². The fraction of sp³-hybridized carbons (Fsp3) is 0.333. The van der Waals surface area contributed by atoms with Gasteiger partial charge in [-0.2, -0.15) is 0 Å². The molecule has 0 aliphatic carbocycles. The van der Waals surface area contributed by atoms with Gasteiger partial charge in [0.05, 0.1) is 7.11 Å². The van der Waals surface area contributed by atoms with Crippen LogP contribution in [-0.2, 0) is 12.8 Å². The first kappa shape index (κ1) is 14.0. The van der Waals surface area contributed by atoms with Gasteiger partial charge in [0.25, 0.3) is 0 Å². The Hall–Kier alpha value is -2.00. The lowest BCUT2D eigenvalue weighted by Crippen LogP contribution is -2.30. The average molecular weight is 283 g/mol. The number of ether oxygens (including phenoxy) is 2. The molecule has 3 heteroatoms. The summed E-state index contributed by atoms with van der Waals surface area (Å²) in [6.07, 6.45) is 2.80. The highest BCUT2D eigenvalue weighted by atomic mass is 16.5. The third kappa shape index (κ3) is 3.19. The Kier molecular flexibility index (Phi) is 4.11. The van der Waals surface area contributed by atoms with E-state index in [0.29, 0.717) is 0 Å². The first-order valence-electron chi connectivity index (χ1n) is 7.38. The van der Waals surface area contributed by atoms with E-state index >= 15 is 0 Å². The van der Waals surface area contributed by atoms with Crippen LogP contribution >= 0.6 is 0 Å². The Morgan fingerprint density at radius 2 is 1.95 bits per heavy atom. The minimum atomic E-state index is 0.0700. The summed E-state index contributed by atoms with van der Waals surface area (Å²) in [6, 6.07) is 16.3. The second-order valence-electron chi connectivity index (χ2n) is 5.56. The fourth-order valence-electron chi connectivity index (χ4n) is 2.96. The Morgan fingerprint density at radius 3 is 2.76 bits per heavy atom. The van der Waals surface area contributed by atoms with E-state index in [-0.39, 0.29) is 12.1 Å². The highest BCUT2D eigenvalue weighted by molar-refractivity contribution is 5.37. The summed E-state index contributed by atoms with van der Waals surface area (Å²) in [4.78, 5) is 0. The van der Waals surface area contributed by atoms with Gasteiger partial charge in [0.2, 0.25) is 0 Å². The molecule has 110 valence electrons. The third-order valence-electron chi connectivity index (χ3n) is 3.95. The molecule has 0 saturated heterocycles. The SMILES string of the molecule is COc1ccccc1CC(N)CC1Cc2ccccc2O1. The minimum Gasteiger partial charge on any atom is -0.496 e. The average Bonchev–Trinajstić information content (AvgIpc) is 2.89. The van der Waals surface area contributed by atoms with Crippen molar-refractivity contribution >= 4 is 0 Å². The fourth-order valence-corrected chi connectivity index (χ4v) is 2.96. The predicted molar refractivity (Wildman–Crippen MR) is 83.9 cm³/mol. The van der Waals surface area contributed by atoms with Crippen LogP contribution in [0.1, 0.15) is 17.5 Å². The van der Waals surface area contributed by atoms with Crippen LogP contribution in [0.5, 0.6) is 11.5 Å². The maximum Gasteiger partial charge on any atom is 0.123 e. The molecular weight excluding hydrogens is 262 g/mol. The van der Waals surface area contributed by atoms with E-state index in [4.69, 9.17) is 15.2 Å². The molecule has 2 aromatic rings. The molecule has 21 heavy (non-hydrogen) atoms. The number of hydrogen-bond acceptors (Lipinski definition) is 3. The zero-order valence-corrected chi connectivity index (χ0v) is 12.3. The minimum absolute atomic E-state index is 0.0700. The molecule has 0 saturated carbocycles. The summed E-state index contributed by atoms with van der Waals surface area (Å²) >= 11 is 0. The normalized spacial score (nSPS) is 17.9. The van der Waals surface area contributed by atoms with Crippen LogP contribution in [0.4, 0.5) is 0 Å². The maximum atomic E-state index is 6.31. The molecule has 0 bridgehead atoms. The molecule has 0 aromatic heterocycles. The zero-order chi connectivity index (χ0) is 14.7. The Balaban J connectivity index is 1.59. The summed E-state index contributed by atoms with van der Waals surface area (Å²) in [5, 5.41) is 0. The molecule has 0 amide bonds. The third-order valence-corrected chi connectivity index (χ3v) is 3.95. The van der Waals surface area contributed by atoms with Crippen LogP contribution in [0.25, 0.3) is 0 Å². The number of nitrogens with two attached hydrogens (primary N) is 1. The monoisotopic (exact) mass is 283 g/mol. The molecule has 1 heterocycles. The van der Waals surface area contributed by atoms with Crippen molar-refractivity contribution in [3.8, 4) is 11.5 Å². The first-order chi connectivity index (χ1) is 10.3. The van der Waals surface area contributed by atoms with Crippen molar-refractivity contribution in [3.05, 3.63) is 59.7 Å². The van der Waals surface area contributed by atoms with Crippen LogP contribution < -0.4 is 15.2 Å². The highest BCUT2D eigenvalue weighted by Crippen LogP contribution is 2.30. The van der Waals surface area contributed by atoms with E-state index in [1.807, 2.05) is 30.3 Å². The van der Waals surface area contributed by atoms with Crippen molar-refractivity contribution < 1.29 is 9.47 Å². The second-order valence-corrected chi connectivity index (χ2v) is 5.56. The number of fused-ring (bicyclic) bond motifs is 1. The van der Waals surface area contributed by atoms with Gasteiger partial charge in [-0.3, -0.25) is 0 Å². The van der Waals surface area contributed by atoms with Crippen molar-refractivity contribution in [1.82, 2.24) is 0 Å². The lowest BCUT2D eigenvalue weighted by molar-refractivity contribution is 0.209. The summed E-state index contributed by atoms with van der Waals surface area (Å²) in [5.74, 6) is 1.91. The van der Waals surface area contributed by atoms with Crippen molar-refractivity contribution in [2.45, 2.75) is 31.4 Å². The van der Waals surface area contributed by atoms with Gasteiger partial charge in [-0.15, -0.1) is 0 Å². The molecule has 2 unspecified atom stereocenters. The number of hydrogen-bond donors (Lipinski definition) is 1. The summed E-state index contributed by atoms with van der Waals surface area (Å²) in [5.41, 5.74) is 8.75. The van der Waals surface area contributed by atoms with Gasteiger partial charge in [-0.1, -0.05) is 36.4 Å². The molecule has 3 nitrogen and oxygen atoms in total. The van der Waals surface area contributed by atoms with Gasteiger partial charge in [0.15, 0.2) is 0 Å². The Morgan fingerprint density at radius 1 is 1.19 bits per heavy atom. The molecule has 0 spiro atoms. The van der Waals surface area contributed by atoms with Crippen LogP contribution in [0.2, 0.25) is 0 Å². The van der Waals surface area contributed by atoms with Gasteiger partial charge < -0.3 is 15.2 Å². The Bertz CT molecular complexity index is 587. The van der Waals surface area contributed by atoms with Crippen molar-refractivity contribution in [3.63, 3.8) is 0 Å². The molecule has 2 N–H and O–H groups in total. The van der Waals surface area contributed by atoms with Gasteiger partial charge in [-0.05, 0) is 29.7 Å². The highest BCUT2D eigenvalue weighted by Gasteiger charge is 2.24. The van der Waals surface area contributed by atoms with Gasteiger partial charge in [0.1, 0.15) is 17.6 Å².